The van der Waals surface area contributed by atoms with Crippen LogP contribution in [0.5, 0.6) is 11.5 Å². The predicted octanol–water partition coefficient (Wildman–Crippen LogP) is 1.87. The largest absolute Gasteiger partial charge is 0.493 e. The molecule has 5 heteroatoms. The second-order valence-electron chi connectivity index (χ2n) is 4.84. The van der Waals surface area contributed by atoms with E-state index in [4.69, 9.17) is 9.47 Å². The van der Waals surface area contributed by atoms with Crippen LogP contribution in [0.2, 0.25) is 0 Å². The van der Waals surface area contributed by atoms with Crippen LogP contribution in [-0.4, -0.2) is 58.1 Å². The van der Waals surface area contributed by atoms with Crippen LogP contribution in [-0.2, 0) is 6.42 Å². The lowest BCUT2D eigenvalue weighted by molar-refractivity contribution is 0.242. The Kier molecular flexibility index (Phi) is 6.01. The van der Waals surface area contributed by atoms with Gasteiger partial charge in [0.15, 0.2) is 11.5 Å². The molecule has 112 valence electrons. The van der Waals surface area contributed by atoms with Gasteiger partial charge in [-0.2, -0.15) is 0 Å². The zero-order chi connectivity index (χ0) is 14.4. The lowest BCUT2D eigenvalue weighted by atomic mass is 10.1. The average Bonchev–Trinajstić information content (AvgIpc) is 2.52. The second-order valence-corrected chi connectivity index (χ2v) is 5.68. The van der Waals surface area contributed by atoms with Crippen molar-refractivity contribution in [2.24, 2.45) is 0 Å². The predicted molar refractivity (Wildman–Crippen MR) is 84.3 cm³/mol. The fourth-order valence-corrected chi connectivity index (χ4v) is 3.14. The zero-order valence-corrected chi connectivity index (χ0v) is 13.4. The van der Waals surface area contributed by atoms with Gasteiger partial charge in [0.1, 0.15) is 0 Å². The number of methoxy groups -OCH3 is 2. The van der Waals surface area contributed by atoms with Crippen LogP contribution in [0.1, 0.15) is 5.56 Å². The van der Waals surface area contributed by atoms with Gasteiger partial charge in [-0.25, -0.2) is 0 Å². The Morgan fingerprint density at radius 3 is 2.45 bits per heavy atom. The highest BCUT2D eigenvalue weighted by Gasteiger charge is 2.16. The summed E-state index contributed by atoms with van der Waals surface area (Å²) in [6.45, 7) is 5.50. The number of piperazine rings is 1. The molecule has 2 rings (SSSR count). The van der Waals surface area contributed by atoms with Gasteiger partial charge in [0.05, 0.1) is 19.1 Å². The third-order valence-electron chi connectivity index (χ3n) is 3.69. The van der Waals surface area contributed by atoms with Gasteiger partial charge in [-0.05, 0) is 24.3 Å². The summed E-state index contributed by atoms with van der Waals surface area (Å²) in [5.41, 5.74) is 1.22. The molecule has 0 unspecified atom stereocenters. The van der Waals surface area contributed by atoms with Gasteiger partial charge in [-0.1, -0.05) is 6.07 Å². The van der Waals surface area contributed by atoms with Crippen molar-refractivity contribution in [1.82, 2.24) is 10.2 Å². The third kappa shape index (κ3) is 3.59. The summed E-state index contributed by atoms with van der Waals surface area (Å²) in [7, 11) is 3.42. The summed E-state index contributed by atoms with van der Waals surface area (Å²) in [6, 6.07) is 4.29. The molecule has 1 aromatic rings. The molecule has 1 aromatic carbocycles. The second kappa shape index (κ2) is 7.76. The first-order valence-electron chi connectivity index (χ1n) is 7.01. The number of hydrogen-bond donors (Lipinski definition) is 1. The van der Waals surface area contributed by atoms with Gasteiger partial charge in [-0.3, -0.25) is 0 Å². The minimum Gasteiger partial charge on any atom is -0.493 e. The van der Waals surface area contributed by atoms with E-state index in [2.05, 4.69) is 28.6 Å². The van der Waals surface area contributed by atoms with Crippen molar-refractivity contribution in [3.63, 3.8) is 0 Å². The van der Waals surface area contributed by atoms with Crippen molar-refractivity contribution in [3.05, 3.63) is 17.7 Å². The summed E-state index contributed by atoms with van der Waals surface area (Å²) in [5, 5.41) is 3.38. The molecule has 0 saturated carbocycles. The lowest BCUT2D eigenvalue weighted by Gasteiger charge is -2.27. The minimum absolute atomic E-state index is 0.859. The summed E-state index contributed by atoms with van der Waals surface area (Å²) in [6.07, 6.45) is 3.05. The molecule has 0 bridgehead atoms. The zero-order valence-electron chi connectivity index (χ0n) is 12.6. The van der Waals surface area contributed by atoms with E-state index in [-0.39, 0.29) is 0 Å². The van der Waals surface area contributed by atoms with Gasteiger partial charge in [-0.15, -0.1) is 11.8 Å². The molecular formula is C15H24N2O2S. The van der Waals surface area contributed by atoms with Crippen LogP contribution in [0.25, 0.3) is 0 Å². The Morgan fingerprint density at radius 2 is 1.85 bits per heavy atom. The number of rotatable bonds is 6. The molecule has 0 radical (unpaired) electrons. The standard InChI is InChI=1S/C15H24N2O2S/c1-18-14-12(4-5-13(20-3)15(14)19-2)6-9-17-10-7-16-8-11-17/h4-5,16H,6-11H2,1-3H3. The quantitative estimate of drug-likeness (QED) is 0.811. The topological polar surface area (TPSA) is 33.7 Å². The first-order valence-corrected chi connectivity index (χ1v) is 8.23. The lowest BCUT2D eigenvalue weighted by Crippen LogP contribution is -2.44. The highest BCUT2D eigenvalue weighted by molar-refractivity contribution is 7.98. The fourth-order valence-electron chi connectivity index (χ4n) is 2.57. The summed E-state index contributed by atoms with van der Waals surface area (Å²) >= 11 is 1.68. The fraction of sp³-hybridized carbons (Fsp3) is 0.600. The van der Waals surface area contributed by atoms with Crippen molar-refractivity contribution in [2.45, 2.75) is 11.3 Å². The van der Waals surface area contributed by atoms with Crippen molar-refractivity contribution in [1.29, 1.82) is 0 Å². The summed E-state index contributed by atoms with van der Waals surface area (Å²) in [5.74, 6) is 1.74. The van der Waals surface area contributed by atoms with Crippen LogP contribution in [0.15, 0.2) is 17.0 Å². The van der Waals surface area contributed by atoms with Gasteiger partial charge < -0.3 is 19.7 Å². The molecule has 1 fully saturated rings. The van der Waals surface area contributed by atoms with E-state index in [1.54, 1.807) is 26.0 Å². The highest BCUT2D eigenvalue weighted by Crippen LogP contribution is 2.39. The molecule has 1 N–H and O–H groups in total. The first kappa shape index (κ1) is 15.5. The number of nitrogens with one attached hydrogen (secondary N) is 1. The molecule has 0 aliphatic carbocycles. The molecule has 0 aromatic heterocycles. The highest BCUT2D eigenvalue weighted by atomic mass is 32.2. The number of hydrogen-bond acceptors (Lipinski definition) is 5. The molecule has 0 atom stereocenters. The monoisotopic (exact) mass is 296 g/mol. The van der Waals surface area contributed by atoms with Crippen molar-refractivity contribution in [3.8, 4) is 11.5 Å². The minimum atomic E-state index is 0.859. The van der Waals surface area contributed by atoms with Crippen LogP contribution < -0.4 is 14.8 Å². The molecule has 1 aliphatic rings. The van der Waals surface area contributed by atoms with E-state index in [0.717, 1.165) is 55.5 Å². The molecule has 0 amide bonds. The average molecular weight is 296 g/mol. The van der Waals surface area contributed by atoms with Crippen LogP contribution >= 0.6 is 11.8 Å². The maximum atomic E-state index is 5.58. The van der Waals surface area contributed by atoms with Crippen LogP contribution in [0.3, 0.4) is 0 Å². The van der Waals surface area contributed by atoms with Gasteiger partial charge in [0.25, 0.3) is 0 Å². The maximum Gasteiger partial charge on any atom is 0.174 e. The Labute approximate surface area is 125 Å². The van der Waals surface area contributed by atoms with Crippen molar-refractivity contribution in [2.75, 3.05) is 53.2 Å². The molecule has 4 nitrogen and oxygen atoms in total. The first-order chi connectivity index (χ1) is 9.80. The van der Waals surface area contributed by atoms with E-state index < -0.39 is 0 Å². The van der Waals surface area contributed by atoms with E-state index in [1.807, 2.05) is 0 Å². The Bertz CT molecular complexity index is 434. The van der Waals surface area contributed by atoms with Crippen LogP contribution in [0.4, 0.5) is 0 Å². The van der Waals surface area contributed by atoms with E-state index in [9.17, 15) is 0 Å². The Balaban J connectivity index is 2.10. The smallest absolute Gasteiger partial charge is 0.174 e. The molecule has 1 saturated heterocycles. The van der Waals surface area contributed by atoms with E-state index in [0.29, 0.717) is 0 Å². The summed E-state index contributed by atoms with van der Waals surface area (Å²) in [4.78, 5) is 3.61. The molecule has 1 heterocycles. The summed E-state index contributed by atoms with van der Waals surface area (Å²) < 4.78 is 11.1. The Hall–Kier alpha value is -0.910. The van der Waals surface area contributed by atoms with Gasteiger partial charge in [0.2, 0.25) is 0 Å². The normalized spacial score (nSPS) is 16.1. The Morgan fingerprint density at radius 1 is 1.15 bits per heavy atom. The molecule has 0 spiro atoms. The molecule has 20 heavy (non-hydrogen) atoms. The van der Waals surface area contributed by atoms with E-state index in [1.165, 1.54) is 5.56 Å². The molecule has 1 aliphatic heterocycles. The van der Waals surface area contributed by atoms with Gasteiger partial charge >= 0.3 is 0 Å². The maximum absolute atomic E-state index is 5.58. The molecular weight excluding hydrogens is 272 g/mol. The van der Waals surface area contributed by atoms with Crippen molar-refractivity contribution < 1.29 is 9.47 Å². The van der Waals surface area contributed by atoms with E-state index >= 15 is 0 Å². The number of nitrogens with zero attached hydrogens (tertiary/aromatic N) is 1. The number of ether oxygens (including phenoxy) is 2. The van der Waals surface area contributed by atoms with Crippen LogP contribution in [0, 0.1) is 0 Å². The third-order valence-corrected chi connectivity index (χ3v) is 4.45. The van der Waals surface area contributed by atoms with Gasteiger partial charge in [0, 0.05) is 32.7 Å². The van der Waals surface area contributed by atoms with Crippen molar-refractivity contribution >= 4 is 11.8 Å². The number of thioether (sulfide) groups is 1. The number of benzene rings is 1. The SMILES string of the molecule is COc1c(CCN2CCNCC2)ccc(SC)c1OC.